The highest BCUT2D eigenvalue weighted by Crippen LogP contribution is 2.37. The third-order valence-corrected chi connectivity index (χ3v) is 4.38. The minimum Gasteiger partial charge on any atom is -0.298 e. The first kappa shape index (κ1) is 11.5. The lowest BCUT2D eigenvalue weighted by Gasteiger charge is -2.04. The maximum absolute atomic E-state index is 12.2. The fourth-order valence-corrected chi connectivity index (χ4v) is 3.37. The van der Waals surface area contributed by atoms with E-state index in [4.69, 9.17) is 0 Å². The van der Waals surface area contributed by atoms with Crippen LogP contribution in [-0.4, -0.2) is 26.0 Å². The molecule has 0 amide bonds. The molecular formula is C13H13N3OS. The SMILES string of the molecule is Cn1cc(CC(=O)C2Cc3ccccc3S2)nn1. The molecule has 1 aromatic heterocycles. The molecule has 0 bridgehead atoms. The lowest BCUT2D eigenvalue weighted by atomic mass is 10.1. The average molecular weight is 259 g/mol. The zero-order valence-corrected chi connectivity index (χ0v) is 10.9. The average Bonchev–Trinajstić information content (AvgIpc) is 2.95. The zero-order valence-electron chi connectivity index (χ0n) is 10.0. The first-order valence-corrected chi connectivity index (χ1v) is 6.73. The van der Waals surface area contributed by atoms with Gasteiger partial charge in [-0.1, -0.05) is 23.4 Å². The van der Waals surface area contributed by atoms with E-state index in [1.165, 1.54) is 10.5 Å². The van der Waals surface area contributed by atoms with Crippen molar-refractivity contribution in [2.75, 3.05) is 0 Å². The summed E-state index contributed by atoms with van der Waals surface area (Å²) < 4.78 is 1.62. The van der Waals surface area contributed by atoms with Gasteiger partial charge < -0.3 is 0 Å². The highest BCUT2D eigenvalue weighted by atomic mass is 32.2. The Hall–Kier alpha value is -1.62. The predicted octanol–water partition coefficient (Wildman–Crippen LogP) is 1.64. The van der Waals surface area contributed by atoms with Gasteiger partial charge in [-0.05, 0) is 18.1 Å². The van der Waals surface area contributed by atoms with Crippen LogP contribution < -0.4 is 0 Å². The van der Waals surface area contributed by atoms with Crippen molar-refractivity contribution in [3.05, 3.63) is 41.7 Å². The lowest BCUT2D eigenvalue weighted by Crippen LogP contribution is -2.18. The van der Waals surface area contributed by atoms with Crippen LogP contribution in [-0.2, 0) is 24.7 Å². The van der Waals surface area contributed by atoms with Gasteiger partial charge in [0.05, 0.1) is 17.4 Å². The Kier molecular flexibility index (Phi) is 2.91. The fraction of sp³-hybridized carbons (Fsp3) is 0.308. The van der Waals surface area contributed by atoms with Crippen LogP contribution in [0.5, 0.6) is 0 Å². The Balaban J connectivity index is 1.69. The van der Waals surface area contributed by atoms with Crippen molar-refractivity contribution in [2.45, 2.75) is 23.0 Å². The van der Waals surface area contributed by atoms with E-state index in [2.05, 4.69) is 22.4 Å². The van der Waals surface area contributed by atoms with Gasteiger partial charge in [0.1, 0.15) is 0 Å². The minimum absolute atomic E-state index is 0.0319. The first-order chi connectivity index (χ1) is 8.72. The highest BCUT2D eigenvalue weighted by Gasteiger charge is 2.28. The number of nitrogens with zero attached hydrogens (tertiary/aromatic N) is 3. The van der Waals surface area contributed by atoms with Crippen LogP contribution in [0.4, 0.5) is 0 Å². The molecule has 92 valence electrons. The van der Waals surface area contributed by atoms with Crippen LogP contribution in [0.3, 0.4) is 0 Å². The molecule has 1 aromatic carbocycles. The van der Waals surface area contributed by atoms with E-state index in [-0.39, 0.29) is 11.0 Å². The third-order valence-electron chi connectivity index (χ3n) is 3.01. The van der Waals surface area contributed by atoms with E-state index < -0.39 is 0 Å². The molecule has 1 aliphatic heterocycles. The van der Waals surface area contributed by atoms with E-state index in [9.17, 15) is 4.79 Å². The number of carbonyl (C=O) groups excluding carboxylic acids is 1. The van der Waals surface area contributed by atoms with Crippen LogP contribution in [0, 0.1) is 0 Å². The summed E-state index contributed by atoms with van der Waals surface area (Å²) in [5, 5.41) is 7.83. The van der Waals surface area contributed by atoms with Gasteiger partial charge in [0.15, 0.2) is 5.78 Å². The molecule has 0 N–H and O–H groups in total. The summed E-state index contributed by atoms with van der Waals surface area (Å²) in [5.74, 6) is 0.233. The topological polar surface area (TPSA) is 47.8 Å². The number of aromatic nitrogens is 3. The number of aryl methyl sites for hydroxylation is 1. The van der Waals surface area contributed by atoms with Gasteiger partial charge in [-0.25, -0.2) is 0 Å². The molecule has 0 radical (unpaired) electrons. The Labute approximate surface area is 109 Å². The monoisotopic (exact) mass is 259 g/mol. The third kappa shape index (κ3) is 2.18. The second-order valence-electron chi connectivity index (χ2n) is 4.44. The Bertz CT molecular complexity index is 568. The van der Waals surface area contributed by atoms with Crippen LogP contribution in [0.2, 0.25) is 0 Å². The number of fused-ring (bicyclic) bond motifs is 1. The molecule has 4 nitrogen and oxygen atoms in total. The number of hydrogen-bond acceptors (Lipinski definition) is 4. The molecule has 5 heteroatoms. The predicted molar refractivity (Wildman–Crippen MR) is 69.5 cm³/mol. The maximum atomic E-state index is 12.2. The molecule has 2 heterocycles. The van der Waals surface area contributed by atoms with Crippen molar-refractivity contribution in [3.63, 3.8) is 0 Å². The smallest absolute Gasteiger partial charge is 0.152 e. The number of Topliss-reactive ketones (excluding diaryl/α,β-unsaturated/α-hetero) is 1. The van der Waals surface area contributed by atoms with Crippen molar-refractivity contribution in [2.24, 2.45) is 7.05 Å². The number of benzene rings is 1. The second-order valence-corrected chi connectivity index (χ2v) is 5.69. The molecule has 0 saturated heterocycles. The maximum Gasteiger partial charge on any atom is 0.152 e. The molecule has 1 atom stereocenters. The van der Waals surface area contributed by atoms with Crippen LogP contribution >= 0.6 is 11.8 Å². The molecule has 0 spiro atoms. The number of hydrogen-bond donors (Lipinski definition) is 0. The number of rotatable bonds is 3. The Morgan fingerprint density at radius 1 is 1.50 bits per heavy atom. The number of carbonyl (C=O) groups is 1. The fourth-order valence-electron chi connectivity index (χ4n) is 2.13. The standard InChI is InChI=1S/C13H13N3OS/c1-16-8-10(14-15-16)7-11(17)13-6-9-4-2-3-5-12(9)18-13/h2-5,8,13H,6-7H2,1H3. The molecule has 1 aliphatic rings. The molecule has 3 rings (SSSR count). The van der Waals surface area contributed by atoms with Gasteiger partial charge in [0, 0.05) is 18.1 Å². The number of thioether (sulfide) groups is 1. The van der Waals surface area contributed by atoms with E-state index >= 15 is 0 Å². The summed E-state index contributed by atoms with van der Waals surface area (Å²) in [6.45, 7) is 0. The molecular weight excluding hydrogens is 246 g/mol. The van der Waals surface area contributed by atoms with Crippen LogP contribution in [0.15, 0.2) is 35.4 Å². The quantitative estimate of drug-likeness (QED) is 0.841. The second kappa shape index (κ2) is 4.57. The normalized spacial score (nSPS) is 17.7. The molecule has 0 saturated carbocycles. The Morgan fingerprint density at radius 2 is 2.33 bits per heavy atom. The van der Waals surface area contributed by atoms with Crippen molar-refractivity contribution < 1.29 is 4.79 Å². The van der Waals surface area contributed by atoms with Gasteiger partial charge in [0.2, 0.25) is 0 Å². The van der Waals surface area contributed by atoms with Crippen molar-refractivity contribution >= 4 is 17.5 Å². The first-order valence-electron chi connectivity index (χ1n) is 5.85. The molecule has 18 heavy (non-hydrogen) atoms. The van der Waals surface area contributed by atoms with Crippen molar-refractivity contribution in [1.29, 1.82) is 0 Å². The highest BCUT2D eigenvalue weighted by molar-refractivity contribution is 8.01. The van der Waals surface area contributed by atoms with Gasteiger partial charge in [-0.3, -0.25) is 9.48 Å². The summed E-state index contributed by atoms with van der Waals surface area (Å²) in [4.78, 5) is 13.4. The van der Waals surface area contributed by atoms with Crippen LogP contribution in [0.25, 0.3) is 0 Å². The largest absolute Gasteiger partial charge is 0.298 e. The summed E-state index contributed by atoms with van der Waals surface area (Å²) in [6.07, 6.45) is 3.00. The molecule has 0 fully saturated rings. The van der Waals surface area contributed by atoms with E-state index in [1.807, 2.05) is 12.1 Å². The van der Waals surface area contributed by atoms with E-state index in [1.54, 1.807) is 29.7 Å². The van der Waals surface area contributed by atoms with Crippen molar-refractivity contribution in [1.82, 2.24) is 15.0 Å². The summed E-state index contributed by atoms with van der Waals surface area (Å²) >= 11 is 1.67. The van der Waals surface area contributed by atoms with Gasteiger partial charge in [-0.2, -0.15) is 0 Å². The minimum atomic E-state index is 0.0319. The van der Waals surface area contributed by atoms with Gasteiger partial charge in [-0.15, -0.1) is 16.9 Å². The van der Waals surface area contributed by atoms with Crippen LogP contribution in [0.1, 0.15) is 11.3 Å². The summed E-state index contributed by atoms with van der Waals surface area (Å²) in [5.41, 5.74) is 2.03. The molecule has 1 unspecified atom stereocenters. The molecule has 2 aromatic rings. The lowest BCUT2D eigenvalue weighted by molar-refractivity contribution is -0.117. The summed E-state index contributed by atoms with van der Waals surface area (Å²) in [7, 11) is 1.81. The molecule has 0 aliphatic carbocycles. The van der Waals surface area contributed by atoms with E-state index in [0.717, 1.165) is 12.1 Å². The van der Waals surface area contributed by atoms with E-state index in [0.29, 0.717) is 6.42 Å². The zero-order chi connectivity index (χ0) is 12.5. The number of ketones is 1. The van der Waals surface area contributed by atoms with Crippen molar-refractivity contribution in [3.8, 4) is 0 Å². The van der Waals surface area contributed by atoms with Gasteiger partial charge in [0.25, 0.3) is 0 Å². The summed E-state index contributed by atoms with van der Waals surface area (Å²) in [6, 6.07) is 8.21. The van der Waals surface area contributed by atoms with Gasteiger partial charge >= 0.3 is 0 Å². The Morgan fingerprint density at radius 3 is 3.06 bits per heavy atom.